The predicted octanol–water partition coefficient (Wildman–Crippen LogP) is 4.69. The van der Waals surface area contributed by atoms with Crippen molar-refractivity contribution in [1.82, 2.24) is 4.90 Å². The largest absolute Gasteiger partial charge is 0.497 e. The maximum Gasteiger partial charge on any atom is 0.254 e. The number of halogens is 1. The van der Waals surface area contributed by atoms with E-state index in [2.05, 4.69) is 6.07 Å². The second kappa shape index (κ2) is 7.64. The Bertz CT molecular complexity index is 999. The molecule has 2 heterocycles. The number of hydrogen-bond donors (Lipinski definition) is 0. The summed E-state index contributed by atoms with van der Waals surface area (Å²) < 4.78 is 24.6. The third kappa shape index (κ3) is 3.24. The average Bonchev–Trinajstić information content (AvgIpc) is 3.21. The number of carbonyl (C=O) groups excluding carboxylic acids is 1. The molecule has 0 fully saturated rings. The Morgan fingerprint density at radius 1 is 1.11 bits per heavy atom. The molecule has 0 N–H and O–H groups in total. The van der Waals surface area contributed by atoms with Crippen LogP contribution in [-0.4, -0.2) is 31.6 Å². The Morgan fingerprint density at radius 3 is 2.57 bits per heavy atom. The summed E-state index contributed by atoms with van der Waals surface area (Å²) in [7, 11) is 3.03. The molecule has 28 heavy (non-hydrogen) atoms. The van der Waals surface area contributed by atoms with E-state index in [1.165, 1.54) is 18.7 Å². The van der Waals surface area contributed by atoms with Crippen LogP contribution in [0.5, 0.6) is 11.5 Å². The molecule has 0 bridgehead atoms. The molecule has 1 aromatic heterocycles. The van der Waals surface area contributed by atoms with Crippen molar-refractivity contribution >= 4 is 17.2 Å². The van der Waals surface area contributed by atoms with Crippen LogP contribution in [-0.2, 0) is 6.42 Å². The van der Waals surface area contributed by atoms with Gasteiger partial charge in [0.2, 0.25) is 0 Å². The molecule has 0 spiro atoms. The third-order valence-corrected chi connectivity index (χ3v) is 6.06. The van der Waals surface area contributed by atoms with E-state index in [1.807, 2.05) is 16.3 Å². The summed E-state index contributed by atoms with van der Waals surface area (Å²) in [5.41, 5.74) is 2.54. The summed E-state index contributed by atoms with van der Waals surface area (Å²) in [4.78, 5) is 16.2. The molecule has 144 valence electrons. The molecule has 1 aliphatic rings. The van der Waals surface area contributed by atoms with Gasteiger partial charge in [-0.25, -0.2) is 4.39 Å². The summed E-state index contributed by atoms with van der Waals surface area (Å²) in [6, 6.07) is 13.7. The van der Waals surface area contributed by atoms with E-state index in [-0.39, 0.29) is 17.7 Å². The first-order valence-corrected chi connectivity index (χ1v) is 9.85. The van der Waals surface area contributed by atoms with Crippen molar-refractivity contribution in [2.45, 2.75) is 12.5 Å². The molecule has 1 amide bonds. The van der Waals surface area contributed by atoms with Gasteiger partial charge in [-0.05, 0) is 65.4 Å². The van der Waals surface area contributed by atoms with Crippen LogP contribution >= 0.6 is 11.3 Å². The second-order valence-electron chi connectivity index (χ2n) is 6.58. The molecular weight excluding hydrogens is 377 g/mol. The minimum absolute atomic E-state index is 0.0806. The topological polar surface area (TPSA) is 38.8 Å². The summed E-state index contributed by atoms with van der Waals surface area (Å²) in [5, 5.41) is 2.03. The van der Waals surface area contributed by atoms with E-state index in [9.17, 15) is 9.18 Å². The fourth-order valence-corrected chi connectivity index (χ4v) is 4.70. The van der Waals surface area contributed by atoms with E-state index in [0.717, 1.165) is 16.9 Å². The third-order valence-electron chi connectivity index (χ3n) is 5.05. The van der Waals surface area contributed by atoms with Crippen molar-refractivity contribution in [3.8, 4) is 11.5 Å². The molecule has 0 aliphatic carbocycles. The van der Waals surface area contributed by atoms with Gasteiger partial charge in [0.1, 0.15) is 5.75 Å². The number of ether oxygens (including phenoxy) is 2. The number of methoxy groups -OCH3 is 2. The molecule has 2 aromatic carbocycles. The van der Waals surface area contributed by atoms with Crippen molar-refractivity contribution in [2.24, 2.45) is 0 Å². The molecule has 1 aliphatic heterocycles. The highest BCUT2D eigenvalue weighted by Gasteiger charge is 2.34. The first kappa shape index (κ1) is 18.5. The number of thiophene rings is 1. The van der Waals surface area contributed by atoms with Crippen LogP contribution in [0.2, 0.25) is 0 Å². The van der Waals surface area contributed by atoms with Crippen molar-refractivity contribution in [3.05, 3.63) is 81.3 Å². The number of benzene rings is 2. The van der Waals surface area contributed by atoms with E-state index >= 15 is 0 Å². The lowest BCUT2D eigenvalue weighted by molar-refractivity contribution is 0.0697. The van der Waals surface area contributed by atoms with Gasteiger partial charge in [-0.1, -0.05) is 6.07 Å². The zero-order valence-corrected chi connectivity index (χ0v) is 16.5. The van der Waals surface area contributed by atoms with Crippen LogP contribution in [0.15, 0.2) is 53.9 Å². The molecule has 0 saturated heterocycles. The Balaban J connectivity index is 1.75. The molecule has 6 heteroatoms. The van der Waals surface area contributed by atoms with Crippen LogP contribution in [0.25, 0.3) is 0 Å². The minimum atomic E-state index is -0.430. The summed E-state index contributed by atoms with van der Waals surface area (Å²) in [6.07, 6.45) is 0.788. The van der Waals surface area contributed by atoms with Gasteiger partial charge < -0.3 is 14.4 Å². The quantitative estimate of drug-likeness (QED) is 0.641. The first-order valence-electron chi connectivity index (χ1n) is 8.97. The Kier molecular flexibility index (Phi) is 5.05. The molecule has 0 saturated carbocycles. The lowest BCUT2D eigenvalue weighted by atomic mass is 9.94. The molecule has 3 aromatic rings. The highest BCUT2D eigenvalue weighted by atomic mass is 32.1. The summed E-state index contributed by atoms with van der Waals surface area (Å²) in [6.45, 7) is 0.576. The van der Waals surface area contributed by atoms with Gasteiger partial charge in [-0.3, -0.25) is 4.79 Å². The lowest BCUT2D eigenvalue weighted by Crippen LogP contribution is -2.40. The SMILES string of the molecule is COc1ccc(C(=O)N2CCc3ccsc3C2c2ccc(OC)c(F)c2)cc1. The van der Waals surface area contributed by atoms with Gasteiger partial charge in [0.05, 0.1) is 20.3 Å². The zero-order valence-electron chi connectivity index (χ0n) is 15.6. The predicted molar refractivity (Wildman–Crippen MR) is 107 cm³/mol. The molecular formula is C22H20FNO3S. The molecule has 1 atom stereocenters. The Labute approximate surface area is 167 Å². The fourth-order valence-electron chi connectivity index (χ4n) is 3.61. The fraction of sp³-hybridized carbons (Fsp3) is 0.227. The van der Waals surface area contributed by atoms with E-state index < -0.39 is 5.82 Å². The number of rotatable bonds is 4. The van der Waals surface area contributed by atoms with Crippen molar-refractivity contribution < 1.29 is 18.7 Å². The Hall–Kier alpha value is -2.86. The van der Waals surface area contributed by atoms with Crippen LogP contribution in [0.4, 0.5) is 4.39 Å². The van der Waals surface area contributed by atoms with E-state index in [1.54, 1.807) is 48.8 Å². The normalized spacial score (nSPS) is 15.8. The molecule has 4 nitrogen and oxygen atoms in total. The van der Waals surface area contributed by atoms with Crippen LogP contribution in [0.1, 0.15) is 32.4 Å². The van der Waals surface area contributed by atoms with Crippen LogP contribution in [0, 0.1) is 5.82 Å². The van der Waals surface area contributed by atoms with Crippen molar-refractivity contribution in [3.63, 3.8) is 0 Å². The number of nitrogens with zero attached hydrogens (tertiary/aromatic N) is 1. The highest BCUT2D eigenvalue weighted by molar-refractivity contribution is 7.10. The maximum absolute atomic E-state index is 14.4. The zero-order chi connectivity index (χ0) is 19.7. The van der Waals surface area contributed by atoms with Gasteiger partial charge >= 0.3 is 0 Å². The summed E-state index contributed by atoms with van der Waals surface area (Å²) in [5.74, 6) is 0.381. The smallest absolute Gasteiger partial charge is 0.254 e. The number of hydrogen-bond acceptors (Lipinski definition) is 4. The standard InChI is InChI=1S/C22H20FNO3S/c1-26-17-6-3-15(4-7-17)22(25)24-11-9-14-10-12-28-21(14)20(24)16-5-8-19(27-2)18(23)13-16/h3-8,10,12-13,20H,9,11H2,1-2H3. The highest BCUT2D eigenvalue weighted by Crippen LogP contribution is 2.40. The van der Waals surface area contributed by atoms with Crippen molar-refractivity contribution in [1.29, 1.82) is 0 Å². The second-order valence-corrected chi connectivity index (χ2v) is 7.53. The van der Waals surface area contributed by atoms with Gasteiger partial charge in [0.25, 0.3) is 5.91 Å². The van der Waals surface area contributed by atoms with E-state index in [0.29, 0.717) is 17.9 Å². The van der Waals surface area contributed by atoms with Gasteiger partial charge in [-0.2, -0.15) is 0 Å². The number of amides is 1. The molecule has 0 radical (unpaired) electrons. The maximum atomic E-state index is 14.4. The number of fused-ring (bicyclic) bond motifs is 1. The van der Waals surface area contributed by atoms with Crippen molar-refractivity contribution in [2.75, 3.05) is 20.8 Å². The lowest BCUT2D eigenvalue weighted by Gasteiger charge is -2.36. The first-order chi connectivity index (χ1) is 13.6. The monoisotopic (exact) mass is 397 g/mol. The molecule has 4 rings (SSSR count). The average molecular weight is 397 g/mol. The minimum Gasteiger partial charge on any atom is -0.497 e. The van der Waals surface area contributed by atoms with Crippen LogP contribution < -0.4 is 9.47 Å². The van der Waals surface area contributed by atoms with Crippen LogP contribution in [0.3, 0.4) is 0 Å². The molecule has 1 unspecified atom stereocenters. The van der Waals surface area contributed by atoms with Gasteiger partial charge in [-0.15, -0.1) is 11.3 Å². The number of carbonyl (C=O) groups is 1. The Morgan fingerprint density at radius 2 is 1.89 bits per heavy atom. The van der Waals surface area contributed by atoms with Gasteiger partial charge in [0.15, 0.2) is 11.6 Å². The van der Waals surface area contributed by atoms with E-state index in [4.69, 9.17) is 9.47 Å². The van der Waals surface area contributed by atoms with Gasteiger partial charge in [0, 0.05) is 17.0 Å². The summed E-state index contributed by atoms with van der Waals surface area (Å²) >= 11 is 1.60.